The summed E-state index contributed by atoms with van der Waals surface area (Å²) in [5.41, 5.74) is 1.79. The number of Topliss-reactive ketones (excluding diaryl/α,β-unsaturated/α-hetero) is 1. The van der Waals surface area contributed by atoms with Gasteiger partial charge in [-0.3, -0.25) is 4.79 Å². The quantitative estimate of drug-likeness (QED) is 0.784. The Balaban J connectivity index is 2.00. The normalized spacial score (nSPS) is 19.1. The molecule has 1 aromatic rings. The molecule has 4 heteroatoms. The molecule has 1 aliphatic rings. The van der Waals surface area contributed by atoms with Crippen molar-refractivity contribution in [1.82, 2.24) is 5.32 Å². The minimum Gasteiger partial charge on any atom is -0.447 e. The summed E-state index contributed by atoms with van der Waals surface area (Å²) in [6.07, 6.45) is 0.370. The lowest BCUT2D eigenvalue weighted by molar-refractivity contribution is 0.101. The molecule has 1 fully saturated rings. The molecule has 0 spiro atoms. The van der Waals surface area contributed by atoms with Crippen molar-refractivity contribution in [2.24, 2.45) is 0 Å². The van der Waals surface area contributed by atoms with Gasteiger partial charge in [-0.05, 0) is 18.9 Å². The van der Waals surface area contributed by atoms with Crippen molar-refractivity contribution in [3.63, 3.8) is 0 Å². The molecule has 1 amide bonds. The molecule has 16 heavy (non-hydrogen) atoms. The van der Waals surface area contributed by atoms with Gasteiger partial charge in [-0.25, -0.2) is 4.79 Å². The molecule has 0 saturated carbocycles. The second-order valence-corrected chi connectivity index (χ2v) is 3.90. The number of hydrogen-bond acceptors (Lipinski definition) is 3. The average molecular weight is 219 g/mol. The maximum Gasteiger partial charge on any atom is 0.407 e. The van der Waals surface area contributed by atoms with Crippen molar-refractivity contribution in [2.45, 2.75) is 19.4 Å². The molecule has 1 heterocycles. The maximum atomic E-state index is 11.1. The van der Waals surface area contributed by atoms with Crippen molar-refractivity contribution in [3.8, 4) is 0 Å². The lowest BCUT2D eigenvalue weighted by Crippen LogP contribution is -2.28. The topological polar surface area (TPSA) is 55.4 Å². The first-order valence-corrected chi connectivity index (χ1v) is 5.18. The van der Waals surface area contributed by atoms with E-state index in [4.69, 9.17) is 4.74 Å². The minimum atomic E-state index is -0.356. The Hall–Kier alpha value is -1.84. The number of ether oxygens (including phenoxy) is 1. The molecule has 1 unspecified atom stereocenters. The maximum absolute atomic E-state index is 11.1. The fraction of sp³-hybridized carbons (Fsp3) is 0.333. The number of amides is 1. The molecule has 0 aliphatic carbocycles. The zero-order valence-corrected chi connectivity index (χ0v) is 9.03. The van der Waals surface area contributed by atoms with E-state index in [9.17, 15) is 9.59 Å². The molecule has 1 saturated heterocycles. The molecule has 0 radical (unpaired) electrons. The molecule has 0 bridgehead atoms. The lowest BCUT2D eigenvalue weighted by Gasteiger charge is -2.07. The van der Waals surface area contributed by atoms with Crippen LogP contribution in [-0.4, -0.2) is 24.5 Å². The van der Waals surface area contributed by atoms with E-state index in [1.165, 1.54) is 0 Å². The lowest BCUT2D eigenvalue weighted by atomic mass is 10.0. The number of hydrogen-bond donors (Lipinski definition) is 1. The van der Waals surface area contributed by atoms with Gasteiger partial charge in [-0.2, -0.15) is 0 Å². The second-order valence-electron chi connectivity index (χ2n) is 3.90. The predicted octanol–water partition coefficient (Wildman–Crippen LogP) is 1.54. The van der Waals surface area contributed by atoms with Gasteiger partial charge < -0.3 is 10.1 Å². The Kier molecular flexibility index (Phi) is 2.90. The third-order valence-corrected chi connectivity index (χ3v) is 2.58. The predicted molar refractivity (Wildman–Crippen MR) is 58.4 cm³/mol. The molecule has 1 aromatic carbocycles. The number of nitrogens with one attached hydrogen (secondary N) is 1. The molecule has 1 N–H and O–H groups in total. The van der Waals surface area contributed by atoms with E-state index in [2.05, 4.69) is 5.32 Å². The number of ketones is 1. The molecule has 1 atom stereocenters. The van der Waals surface area contributed by atoms with Crippen LogP contribution in [-0.2, 0) is 11.2 Å². The highest BCUT2D eigenvalue weighted by Crippen LogP contribution is 2.10. The number of carbonyl (C=O) groups is 2. The summed E-state index contributed by atoms with van der Waals surface area (Å²) < 4.78 is 4.80. The van der Waals surface area contributed by atoms with Gasteiger partial charge in [-0.15, -0.1) is 0 Å². The SMILES string of the molecule is CC(=O)c1ccc(CC2COC(=O)N2)cc1. The second kappa shape index (κ2) is 4.35. The van der Waals surface area contributed by atoms with Crippen molar-refractivity contribution in [2.75, 3.05) is 6.61 Å². The largest absolute Gasteiger partial charge is 0.447 e. The standard InChI is InChI=1S/C12H13NO3/c1-8(14)10-4-2-9(3-5-10)6-11-7-16-12(15)13-11/h2-5,11H,6-7H2,1H3,(H,13,15). The summed E-state index contributed by atoms with van der Waals surface area (Å²) >= 11 is 0. The van der Waals surface area contributed by atoms with Crippen LogP contribution in [0.3, 0.4) is 0 Å². The van der Waals surface area contributed by atoms with E-state index < -0.39 is 0 Å². The third kappa shape index (κ3) is 2.39. The first-order chi connectivity index (χ1) is 7.65. The third-order valence-electron chi connectivity index (χ3n) is 2.58. The van der Waals surface area contributed by atoms with Crippen molar-refractivity contribution >= 4 is 11.9 Å². The van der Waals surface area contributed by atoms with Crippen LogP contribution in [0, 0.1) is 0 Å². The number of cyclic esters (lactones) is 1. The van der Waals surface area contributed by atoms with E-state index in [1.807, 2.05) is 12.1 Å². The Bertz CT molecular complexity index is 411. The minimum absolute atomic E-state index is 0.0377. The van der Waals surface area contributed by atoms with Gasteiger partial charge in [0.1, 0.15) is 6.61 Å². The van der Waals surface area contributed by atoms with E-state index in [0.717, 1.165) is 12.0 Å². The molecule has 4 nitrogen and oxygen atoms in total. The molecular formula is C12H13NO3. The van der Waals surface area contributed by atoms with Gasteiger partial charge in [0.15, 0.2) is 5.78 Å². The smallest absolute Gasteiger partial charge is 0.407 e. The van der Waals surface area contributed by atoms with Crippen molar-refractivity contribution in [1.29, 1.82) is 0 Å². The molecule has 2 rings (SSSR count). The molecule has 0 aromatic heterocycles. The monoisotopic (exact) mass is 219 g/mol. The molecule has 1 aliphatic heterocycles. The average Bonchev–Trinajstić information content (AvgIpc) is 2.65. The fourth-order valence-corrected chi connectivity index (χ4v) is 1.70. The summed E-state index contributed by atoms with van der Waals surface area (Å²) in [6, 6.07) is 7.45. The van der Waals surface area contributed by atoms with Gasteiger partial charge >= 0.3 is 6.09 Å². The van der Waals surface area contributed by atoms with E-state index in [1.54, 1.807) is 19.1 Å². The number of rotatable bonds is 3. The Morgan fingerprint density at radius 2 is 2.12 bits per heavy atom. The van der Waals surface area contributed by atoms with Gasteiger partial charge in [0.25, 0.3) is 0 Å². The summed E-state index contributed by atoms with van der Waals surface area (Å²) in [7, 11) is 0. The van der Waals surface area contributed by atoms with Crippen molar-refractivity contribution < 1.29 is 14.3 Å². The molecule has 84 valence electrons. The van der Waals surface area contributed by atoms with Crippen LogP contribution in [0.4, 0.5) is 4.79 Å². The molecular weight excluding hydrogens is 206 g/mol. The summed E-state index contributed by atoms with van der Waals surface area (Å²) in [5.74, 6) is 0.0593. The van der Waals surface area contributed by atoms with E-state index in [0.29, 0.717) is 12.2 Å². The van der Waals surface area contributed by atoms with Crippen LogP contribution >= 0.6 is 0 Å². The Morgan fingerprint density at radius 3 is 2.62 bits per heavy atom. The Morgan fingerprint density at radius 1 is 1.44 bits per heavy atom. The highest BCUT2D eigenvalue weighted by Gasteiger charge is 2.21. The summed E-state index contributed by atoms with van der Waals surface area (Å²) in [6.45, 7) is 1.95. The van der Waals surface area contributed by atoms with Crippen LogP contribution in [0.25, 0.3) is 0 Å². The fourth-order valence-electron chi connectivity index (χ4n) is 1.70. The van der Waals surface area contributed by atoms with Crippen LogP contribution in [0.5, 0.6) is 0 Å². The number of benzene rings is 1. The summed E-state index contributed by atoms with van der Waals surface area (Å²) in [4.78, 5) is 21.9. The van der Waals surface area contributed by atoms with Gasteiger partial charge in [0, 0.05) is 5.56 Å². The zero-order chi connectivity index (χ0) is 11.5. The van der Waals surface area contributed by atoms with Gasteiger partial charge in [-0.1, -0.05) is 24.3 Å². The van der Waals surface area contributed by atoms with Crippen LogP contribution in [0.1, 0.15) is 22.8 Å². The number of alkyl carbamates (subject to hydrolysis) is 1. The summed E-state index contributed by atoms with van der Waals surface area (Å²) in [5, 5.41) is 2.71. The van der Waals surface area contributed by atoms with E-state index >= 15 is 0 Å². The van der Waals surface area contributed by atoms with Gasteiger partial charge in [0.05, 0.1) is 6.04 Å². The van der Waals surface area contributed by atoms with Crippen LogP contribution in [0.15, 0.2) is 24.3 Å². The van der Waals surface area contributed by atoms with E-state index in [-0.39, 0.29) is 17.9 Å². The number of carbonyl (C=O) groups excluding carboxylic acids is 2. The van der Waals surface area contributed by atoms with Crippen molar-refractivity contribution in [3.05, 3.63) is 35.4 Å². The highest BCUT2D eigenvalue weighted by molar-refractivity contribution is 5.94. The first kappa shape index (κ1) is 10.7. The van der Waals surface area contributed by atoms with Crippen LogP contribution in [0.2, 0.25) is 0 Å². The van der Waals surface area contributed by atoms with Crippen LogP contribution < -0.4 is 5.32 Å². The first-order valence-electron chi connectivity index (χ1n) is 5.18. The van der Waals surface area contributed by atoms with Gasteiger partial charge in [0.2, 0.25) is 0 Å². The zero-order valence-electron chi connectivity index (χ0n) is 9.03. The highest BCUT2D eigenvalue weighted by atomic mass is 16.6. The Labute approximate surface area is 93.6 Å².